The first-order chi connectivity index (χ1) is 8.90. The number of benzene rings is 1. The molecule has 2 aromatic rings. The molecule has 0 unspecified atom stereocenters. The predicted octanol–water partition coefficient (Wildman–Crippen LogP) is 3.63. The summed E-state index contributed by atoms with van der Waals surface area (Å²) in [7, 11) is 0. The van der Waals surface area contributed by atoms with Gasteiger partial charge in [-0.2, -0.15) is 0 Å². The molecule has 0 saturated heterocycles. The second-order valence-corrected chi connectivity index (χ2v) is 5.54. The van der Waals surface area contributed by atoms with Crippen LogP contribution in [0.5, 0.6) is 0 Å². The lowest BCUT2D eigenvalue weighted by Gasteiger charge is -2.09. The van der Waals surface area contributed by atoms with Crippen molar-refractivity contribution in [3.8, 4) is 0 Å². The summed E-state index contributed by atoms with van der Waals surface area (Å²) in [5, 5.41) is 2.20. The molecule has 0 atom stereocenters. The third-order valence-corrected chi connectivity index (χ3v) is 4.47. The van der Waals surface area contributed by atoms with Crippen molar-refractivity contribution in [2.75, 3.05) is 6.54 Å². The van der Waals surface area contributed by atoms with Crippen LogP contribution in [-0.4, -0.2) is 6.54 Å². The first-order valence-corrected chi connectivity index (χ1v) is 7.33. The molecular weight excluding hydrogens is 238 g/mol. The third-order valence-electron chi connectivity index (χ3n) is 3.48. The molecule has 1 aliphatic rings. The minimum absolute atomic E-state index is 0.715. The summed E-state index contributed by atoms with van der Waals surface area (Å²) in [6.45, 7) is 0.715. The Labute approximate surface area is 112 Å². The second kappa shape index (κ2) is 5.09. The average Bonchev–Trinajstić information content (AvgIpc) is 2.81. The molecule has 0 aliphatic heterocycles. The fraction of sp³-hybridized carbons (Fsp3) is 0.250. The maximum Gasteiger partial charge on any atom is 0.0377 e. The average molecular weight is 255 g/mol. The van der Waals surface area contributed by atoms with E-state index in [-0.39, 0.29) is 0 Å². The van der Waals surface area contributed by atoms with Gasteiger partial charge >= 0.3 is 0 Å². The molecule has 1 aliphatic carbocycles. The zero-order valence-electron chi connectivity index (χ0n) is 10.4. The molecular formula is C16H17NS. The Morgan fingerprint density at radius 1 is 1.11 bits per heavy atom. The van der Waals surface area contributed by atoms with Crippen molar-refractivity contribution >= 4 is 16.9 Å². The van der Waals surface area contributed by atoms with Crippen molar-refractivity contribution in [3.05, 3.63) is 63.4 Å². The van der Waals surface area contributed by atoms with Crippen LogP contribution in [0.2, 0.25) is 0 Å². The summed E-state index contributed by atoms with van der Waals surface area (Å²) in [5.74, 6) is 0. The van der Waals surface area contributed by atoms with E-state index in [9.17, 15) is 0 Å². The van der Waals surface area contributed by atoms with Crippen LogP contribution >= 0.6 is 11.3 Å². The van der Waals surface area contributed by atoms with Gasteiger partial charge < -0.3 is 5.73 Å². The Balaban J connectivity index is 2.17. The van der Waals surface area contributed by atoms with Gasteiger partial charge in [-0.25, -0.2) is 0 Å². The van der Waals surface area contributed by atoms with Gasteiger partial charge in [0.2, 0.25) is 0 Å². The molecule has 0 saturated carbocycles. The van der Waals surface area contributed by atoms with E-state index in [1.165, 1.54) is 27.1 Å². The van der Waals surface area contributed by atoms with Crippen molar-refractivity contribution in [2.24, 2.45) is 5.73 Å². The van der Waals surface area contributed by atoms with Crippen molar-refractivity contribution in [3.63, 3.8) is 0 Å². The third kappa shape index (κ3) is 2.02. The zero-order valence-corrected chi connectivity index (χ0v) is 11.2. The van der Waals surface area contributed by atoms with Crippen molar-refractivity contribution in [1.29, 1.82) is 0 Å². The summed E-state index contributed by atoms with van der Waals surface area (Å²) in [5.41, 5.74) is 11.4. The highest BCUT2D eigenvalue weighted by molar-refractivity contribution is 7.11. The molecule has 0 bridgehead atoms. The van der Waals surface area contributed by atoms with E-state index in [2.05, 4.69) is 41.8 Å². The van der Waals surface area contributed by atoms with E-state index in [0.717, 1.165) is 19.3 Å². The van der Waals surface area contributed by atoms with Gasteiger partial charge in [0.1, 0.15) is 0 Å². The number of fused-ring (bicyclic) bond motifs is 2. The number of aryl methyl sites for hydroxylation is 2. The quantitative estimate of drug-likeness (QED) is 0.871. The summed E-state index contributed by atoms with van der Waals surface area (Å²) in [4.78, 5) is 1.44. The van der Waals surface area contributed by atoms with Gasteiger partial charge in [0.15, 0.2) is 0 Å². The lowest BCUT2D eigenvalue weighted by molar-refractivity contribution is 0.970. The molecule has 1 heterocycles. The van der Waals surface area contributed by atoms with Crippen LogP contribution in [0.25, 0.3) is 5.57 Å². The Kier molecular flexibility index (Phi) is 3.31. The summed E-state index contributed by atoms with van der Waals surface area (Å²) < 4.78 is 0. The van der Waals surface area contributed by atoms with Gasteiger partial charge in [-0.15, -0.1) is 11.3 Å². The van der Waals surface area contributed by atoms with Crippen LogP contribution in [0.1, 0.15) is 28.0 Å². The Hall–Kier alpha value is -1.38. The van der Waals surface area contributed by atoms with Crippen LogP contribution in [0.15, 0.2) is 41.8 Å². The van der Waals surface area contributed by atoms with Gasteiger partial charge in [0.05, 0.1) is 0 Å². The molecule has 0 fully saturated rings. The maximum absolute atomic E-state index is 5.66. The summed E-state index contributed by atoms with van der Waals surface area (Å²) >= 11 is 1.85. The molecule has 0 amide bonds. The first-order valence-electron chi connectivity index (χ1n) is 6.45. The molecule has 2 N–H and O–H groups in total. The maximum atomic E-state index is 5.66. The Morgan fingerprint density at radius 2 is 1.94 bits per heavy atom. The highest BCUT2D eigenvalue weighted by Crippen LogP contribution is 2.36. The standard InChI is InChI=1S/C16H17NS/c17-10-3-6-15-14-5-2-1-4-12(14)7-8-13-9-11-18-16(13)15/h1-2,4-6,9,11H,3,7-8,10,17H2. The van der Waals surface area contributed by atoms with Gasteiger partial charge in [0, 0.05) is 4.88 Å². The van der Waals surface area contributed by atoms with Crippen molar-refractivity contribution in [2.45, 2.75) is 19.3 Å². The van der Waals surface area contributed by atoms with E-state index in [4.69, 9.17) is 5.73 Å². The monoisotopic (exact) mass is 255 g/mol. The minimum atomic E-state index is 0.715. The Bertz CT molecular complexity index is 580. The number of thiophene rings is 1. The summed E-state index contributed by atoms with van der Waals surface area (Å²) in [6, 6.07) is 11.0. The van der Waals surface area contributed by atoms with Crippen LogP contribution in [-0.2, 0) is 12.8 Å². The van der Waals surface area contributed by atoms with Crippen LogP contribution in [0.3, 0.4) is 0 Å². The fourth-order valence-electron chi connectivity index (χ4n) is 2.59. The molecule has 0 spiro atoms. The molecule has 92 valence electrons. The minimum Gasteiger partial charge on any atom is -0.330 e. The molecule has 1 aromatic carbocycles. The second-order valence-electron chi connectivity index (χ2n) is 4.63. The number of rotatable bonds is 2. The van der Waals surface area contributed by atoms with E-state index in [1.807, 2.05) is 11.3 Å². The lowest BCUT2D eigenvalue weighted by Crippen LogP contribution is -1.97. The van der Waals surface area contributed by atoms with Crippen LogP contribution in [0, 0.1) is 0 Å². The molecule has 18 heavy (non-hydrogen) atoms. The Morgan fingerprint density at radius 3 is 2.83 bits per heavy atom. The number of hydrogen-bond donors (Lipinski definition) is 1. The molecule has 3 rings (SSSR count). The van der Waals surface area contributed by atoms with Crippen LogP contribution in [0.4, 0.5) is 0 Å². The van der Waals surface area contributed by atoms with Gasteiger partial charge in [-0.05, 0) is 59.5 Å². The molecule has 1 nitrogen and oxygen atoms in total. The van der Waals surface area contributed by atoms with E-state index < -0.39 is 0 Å². The smallest absolute Gasteiger partial charge is 0.0377 e. The highest BCUT2D eigenvalue weighted by atomic mass is 32.1. The van der Waals surface area contributed by atoms with Gasteiger partial charge in [0.25, 0.3) is 0 Å². The first kappa shape index (κ1) is 11.7. The van der Waals surface area contributed by atoms with E-state index >= 15 is 0 Å². The normalized spacial score (nSPS) is 16.2. The SMILES string of the molecule is NCCC=C1c2ccccc2CCc2ccsc21. The number of nitrogens with two attached hydrogens (primary N) is 1. The number of hydrogen-bond acceptors (Lipinski definition) is 2. The lowest BCUT2D eigenvalue weighted by atomic mass is 9.98. The highest BCUT2D eigenvalue weighted by Gasteiger charge is 2.18. The molecule has 0 radical (unpaired) electrons. The summed E-state index contributed by atoms with van der Waals surface area (Å²) in [6.07, 6.45) is 5.54. The topological polar surface area (TPSA) is 26.0 Å². The largest absolute Gasteiger partial charge is 0.330 e. The molecule has 2 heteroatoms. The van der Waals surface area contributed by atoms with Crippen molar-refractivity contribution < 1.29 is 0 Å². The van der Waals surface area contributed by atoms with E-state index in [1.54, 1.807) is 0 Å². The zero-order chi connectivity index (χ0) is 12.4. The van der Waals surface area contributed by atoms with E-state index in [0.29, 0.717) is 6.54 Å². The van der Waals surface area contributed by atoms with Crippen molar-refractivity contribution in [1.82, 2.24) is 0 Å². The van der Waals surface area contributed by atoms with Gasteiger partial charge in [-0.3, -0.25) is 0 Å². The predicted molar refractivity (Wildman–Crippen MR) is 78.9 cm³/mol. The van der Waals surface area contributed by atoms with Crippen LogP contribution < -0.4 is 5.73 Å². The molecule has 1 aromatic heterocycles. The fourth-order valence-corrected chi connectivity index (χ4v) is 3.60. The van der Waals surface area contributed by atoms with Gasteiger partial charge in [-0.1, -0.05) is 30.3 Å².